The third-order valence-electron chi connectivity index (χ3n) is 3.93. The predicted octanol–water partition coefficient (Wildman–Crippen LogP) is 4.32. The Morgan fingerprint density at radius 2 is 1.31 bits per heavy atom. The highest BCUT2D eigenvalue weighted by Crippen LogP contribution is 2.69. The van der Waals surface area contributed by atoms with Gasteiger partial charge in [0.2, 0.25) is 0 Å². The van der Waals surface area contributed by atoms with E-state index in [1.165, 1.54) is 44.9 Å². The first-order valence-electron chi connectivity index (χ1n) is 5.21. The molecule has 72 valence electrons. The van der Waals surface area contributed by atoms with Crippen LogP contribution < -0.4 is 0 Å². The average Bonchev–Trinajstić information content (AvgIpc) is 2.61. The number of hydrogen-bond donors (Lipinski definition) is 0. The van der Waals surface area contributed by atoms with Crippen LogP contribution in [0.2, 0.25) is 0 Å². The van der Waals surface area contributed by atoms with E-state index in [2.05, 4.69) is 31.9 Å². The lowest BCUT2D eigenvalue weighted by atomic mass is 9.82. The Labute approximate surface area is 96.4 Å². The van der Waals surface area contributed by atoms with Gasteiger partial charge in [-0.15, -0.1) is 0 Å². The molecular formula is C11H14Br2. The van der Waals surface area contributed by atoms with E-state index >= 15 is 0 Å². The molecule has 3 aliphatic rings. The van der Waals surface area contributed by atoms with Crippen LogP contribution in [0.15, 0.2) is 11.1 Å². The van der Waals surface area contributed by atoms with Gasteiger partial charge in [0.15, 0.2) is 0 Å². The summed E-state index contributed by atoms with van der Waals surface area (Å²) >= 11 is 7.81. The van der Waals surface area contributed by atoms with E-state index in [1.54, 1.807) is 11.1 Å². The molecule has 3 rings (SSSR count). The van der Waals surface area contributed by atoms with Crippen LogP contribution in [-0.4, -0.2) is 8.65 Å². The fourth-order valence-corrected chi connectivity index (χ4v) is 5.27. The van der Waals surface area contributed by atoms with Crippen molar-refractivity contribution in [2.24, 2.45) is 0 Å². The van der Waals surface area contributed by atoms with E-state index in [-0.39, 0.29) is 0 Å². The molecule has 0 amide bonds. The summed E-state index contributed by atoms with van der Waals surface area (Å²) in [7, 11) is 0. The maximum Gasteiger partial charge on any atom is 0.0465 e. The predicted molar refractivity (Wildman–Crippen MR) is 62.7 cm³/mol. The highest BCUT2D eigenvalue weighted by molar-refractivity contribution is 9.13. The van der Waals surface area contributed by atoms with Crippen molar-refractivity contribution in [1.82, 2.24) is 0 Å². The number of rotatable bonds is 0. The molecule has 13 heavy (non-hydrogen) atoms. The molecule has 2 heteroatoms. The smallest absolute Gasteiger partial charge is 0.0465 e. The summed E-state index contributed by atoms with van der Waals surface area (Å²) in [6, 6.07) is 0. The SMILES string of the molecule is BrC12CC3=C(CCCC3)CC1(Br)C2. The number of halogens is 2. The maximum atomic E-state index is 3.90. The minimum absolute atomic E-state index is 0.441. The van der Waals surface area contributed by atoms with E-state index in [0.717, 1.165) is 0 Å². The van der Waals surface area contributed by atoms with Crippen molar-refractivity contribution in [3.63, 3.8) is 0 Å². The molecule has 0 radical (unpaired) electrons. The molecule has 0 heterocycles. The van der Waals surface area contributed by atoms with Crippen LogP contribution in [0.4, 0.5) is 0 Å². The summed E-state index contributed by atoms with van der Waals surface area (Å²) in [4.78, 5) is 0. The molecule has 0 bridgehead atoms. The number of alkyl halides is 2. The molecular weight excluding hydrogens is 292 g/mol. The van der Waals surface area contributed by atoms with Gasteiger partial charge < -0.3 is 0 Å². The molecule has 0 aromatic carbocycles. The van der Waals surface area contributed by atoms with Crippen molar-refractivity contribution in [2.75, 3.05) is 0 Å². The Morgan fingerprint density at radius 3 is 1.77 bits per heavy atom. The number of allylic oxidation sites excluding steroid dienone is 2. The van der Waals surface area contributed by atoms with Crippen molar-refractivity contribution in [3.8, 4) is 0 Å². The van der Waals surface area contributed by atoms with Crippen molar-refractivity contribution in [2.45, 2.75) is 53.6 Å². The Hall–Kier alpha value is 0.700. The van der Waals surface area contributed by atoms with Crippen LogP contribution in [0, 0.1) is 0 Å². The van der Waals surface area contributed by atoms with Gasteiger partial charge in [0, 0.05) is 8.65 Å². The first-order chi connectivity index (χ1) is 6.13. The highest BCUT2D eigenvalue weighted by atomic mass is 79.9. The van der Waals surface area contributed by atoms with Crippen molar-refractivity contribution < 1.29 is 0 Å². The van der Waals surface area contributed by atoms with E-state index in [9.17, 15) is 0 Å². The quantitative estimate of drug-likeness (QED) is 0.462. The molecule has 0 aromatic rings. The number of fused-ring (bicyclic) bond motifs is 1. The second kappa shape index (κ2) is 2.63. The lowest BCUT2D eigenvalue weighted by Gasteiger charge is -2.30. The molecule has 0 aromatic heterocycles. The molecule has 2 atom stereocenters. The summed E-state index contributed by atoms with van der Waals surface area (Å²) < 4.78 is 0.881. The number of hydrogen-bond acceptors (Lipinski definition) is 0. The van der Waals surface area contributed by atoms with Crippen molar-refractivity contribution >= 4 is 31.9 Å². The second-order valence-electron chi connectivity index (χ2n) is 4.88. The molecule has 1 fully saturated rings. The highest BCUT2D eigenvalue weighted by Gasteiger charge is 2.66. The Balaban J connectivity index is 1.93. The Morgan fingerprint density at radius 1 is 0.846 bits per heavy atom. The molecule has 0 nitrogen and oxygen atoms in total. The topological polar surface area (TPSA) is 0 Å². The minimum atomic E-state index is 0.441. The van der Waals surface area contributed by atoms with Crippen molar-refractivity contribution in [3.05, 3.63) is 11.1 Å². The third kappa shape index (κ3) is 1.21. The van der Waals surface area contributed by atoms with Crippen LogP contribution in [0.5, 0.6) is 0 Å². The minimum Gasteiger partial charge on any atom is -0.0834 e. The van der Waals surface area contributed by atoms with E-state index < -0.39 is 0 Å². The van der Waals surface area contributed by atoms with Gasteiger partial charge in [-0.05, 0) is 44.9 Å². The fourth-order valence-electron chi connectivity index (χ4n) is 2.98. The van der Waals surface area contributed by atoms with Gasteiger partial charge in [0.25, 0.3) is 0 Å². The lowest BCUT2D eigenvalue weighted by Crippen LogP contribution is -2.23. The van der Waals surface area contributed by atoms with E-state index in [0.29, 0.717) is 8.65 Å². The van der Waals surface area contributed by atoms with Gasteiger partial charge in [-0.2, -0.15) is 0 Å². The van der Waals surface area contributed by atoms with Gasteiger partial charge in [0.05, 0.1) is 0 Å². The monoisotopic (exact) mass is 304 g/mol. The van der Waals surface area contributed by atoms with E-state index in [1.807, 2.05) is 0 Å². The first kappa shape index (κ1) is 8.96. The van der Waals surface area contributed by atoms with Crippen LogP contribution in [0.1, 0.15) is 44.9 Å². The molecule has 0 aliphatic heterocycles. The fraction of sp³-hybridized carbons (Fsp3) is 0.818. The van der Waals surface area contributed by atoms with Gasteiger partial charge in [-0.3, -0.25) is 0 Å². The molecule has 0 saturated heterocycles. The Kier molecular flexibility index (Phi) is 1.82. The molecule has 2 unspecified atom stereocenters. The molecule has 1 saturated carbocycles. The summed E-state index contributed by atoms with van der Waals surface area (Å²) in [5.41, 5.74) is 3.58. The largest absolute Gasteiger partial charge is 0.0834 e. The van der Waals surface area contributed by atoms with E-state index in [4.69, 9.17) is 0 Å². The zero-order chi connectivity index (χ0) is 9.10. The van der Waals surface area contributed by atoms with Crippen LogP contribution in [0.25, 0.3) is 0 Å². The Bertz CT molecular complexity index is 266. The second-order valence-corrected chi connectivity index (χ2v) is 7.91. The maximum absolute atomic E-state index is 3.90. The van der Waals surface area contributed by atoms with Gasteiger partial charge in [-0.1, -0.05) is 43.0 Å². The molecule has 3 aliphatic carbocycles. The standard InChI is InChI=1S/C11H14Br2/c12-10-5-8-3-1-2-4-9(8)6-11(10,13)7-10/h1-7H2. The summed E-state index contributed by atoms with van der Waals surface area (Å²) in [6.07, 6.45) is 9.57. The van der Waals surface area contributed by atoms with Crippen LogP contribution in [-0.2, 0) is 0 Å². The molecule has 0 N–H and O–H groups in total. The summed E-state index contributed by atoms with van der Waals surface area (Å²) in [5, 5.41) is 0. The zero-order valence-electron chi connectivity index (χ0n) is 7.71. The van der Waals surface area contributed by atoms with Gasteiger partial charge in [-0.25, -0.2) is 0 Å². The summed E-state index contributed by atoms with van der Waals surface area (Å²) in [6.45, 7) is 0. The van der Waals surface area contributed by atoms with Crippen LogP contribution in [0.3, 0.4) is 0 Å². The van der Waals surface area contributed by atoms with Crippen LogP contribution >= 0.6 is 31.9 Å². The van der Waals surface area contributed by atoms with Gasteiger partial charge in [0.1, 0.15) is 0 Å². The average molecular weight is 306 g/mol. The normalized spacial score (nSPS) is 48.5. The zero-order valence-corrected chi connectivity index (χ0v) is 10.9. The van der Waals surface area contributed by atoms with Crippen molar-refractivity contribution in [1.29, 1.82) is 0 Å². The molecule has 0 spiro atoms. The summed E-state index contributed by atoms with van der Waals surface area (Å²) in [5.74, 6) is 0. The third-order valence-corrected chi connectivity index (χ3v) is 7.10. The van der Waals surface area contributed by atoms with Gasteiger partial charge >= 0.3 is 0 Å². The first-order valence-corrected chi connectivity index (χ1v) is 6.79. The lowest BCUT2D eigenvalue weighted by molar-refractivity contribution is 0.579.